The predicted octanol–water partition coefficient (Wildman–Crippen LogP) is 2.85. The number of nitrogens with one attached hydrogen (secondary N) is 1. The Morgan fingerprint density at radius 3 is 2.65 bits per heavy atom. The average Bonchev–Trinajstić information content (AvgIpc) is 3.19. The van der Waals surface area contributed by atoms with Crippen LogP contribution in [0.4, 0.5) is 0 Å². The largest absolute Gasteiger partial charge is 0.496 e. The van der Waals surface area contributed by atoms with Gasteiger partial charge in [-0.2, -0.15) is 0 Å². The molecule has 2 aromatic rings. The average molecular weight is 372 g/mol. The molecule has 3 rings (SSSR count). The first-order valence-electron chi connectivity index (χ1n) is 8.87. The monoisotopic (exact) mass is 372 g/mol. The molecule has 138 valence electrons. The van der Waals surface area contributed by atoms with E-state index in [0.29, 0.717) is 38.9 Å². The number of ether oxygens (including phenoxy) is 1. The summed E-state index contributed by atoms with van der Waals surface area (Å²) in [5.74, 6) is 0.957. The summed E-state index contributed by atoms with van der Waals surface area (Å²) in [6.45, 7) is 1.76. The number of carbonyl (C=O) groups excluding carboxylic acids is 2. The maximum absolute atomic E-state index is 12.5. The van der Waals surface area contributed by atoms with Crippen LogP contribution in [-0.4, -0.2) is 36.9 Å². The molecule has 0 spiro atoms. The zero-order chi connectivity index (χ0) is 18.4. The second kappa shape index (κ2) is 8.85. The normalized spacial score (nSPS) is 14.9. The van der Waals surface area contributed by atoms with Gasteiger partial charge in [0.25, 0.3) is 0 Å². The summed E-state index contributed by atoms with van der Waals surface area (Å²) in [5, 5.41) is 4.99. The fourth-order valence-electron chi connectivity index (χ4n) is 3.24. The van der Waals surface area contributed by atoms with Crippen molar-refractivity contribution in [2.45, 2.75) is 25.8 Å². The number of thiophene rings is 1. The van der Waals surface area contributed by atoms with Crippen molar-refractivity contribution in [3.05, 3.63) is 52.2 Å². The van der Waals surface area contributed by atoms with Crippen LogP contribution in [0.2, 0.25) is 0 Å². The number of nitrogens with zero attached hydrogens (tertiary/aromatic N) is 1. The Kier molecular flexibility index (Phi) is 6.28. The minimum absolute atomic E-state index is 0.0319. The Balaban J connectivity index is 1.45. The molecule has 1 aliphatic heterocycles. The summed E-state index contributed by atoms with van der Waals surface area (Å²) in [6.07, 6.45) is 1.89. The Hall–Kier alpha value is -2.34. The second-order valence-corrected chi connectivity index (χ2v) is 7.47. The maximum Gasteiger partial charge on any atom is 0.227 e. The first-order valence-corrected chi connectivity index (χ1v) is 9.75. The highest BCUT2D eigenvalue weighted by Gasteiger charge is 2.27. The van der Waals surface area contributed by atoms with Crippen LogP contribution in [0.15, 0.2) is 41.8 Å². The van der Waals surface area contributed by atoms with Crippen molar-refractivity contribution in [1.82, 2.24) is 10.2 Å². The molecule has 0 saturated carbocycles. The van der Waals surface area contributed by atoms with E-state index in [0.717, 1.165) is 16.2 Å². The standard InChI is InChI=1S/C20H24N2O3S/c1-25-18-7-3-2-5-16(18)14-21-20(24)15-8-10-22(11-9-15)19(23)13-17-6-4-12-26-17/h2-7,12,15H,8-11,13-14H2,1H3,(H,21,24). The highest BCUT2D eigenvalue weighted by atomic mass is 32.1. The van der Waals surface area contributed by atoms with Gasteiger partial charge in [0.05, 0.1) is 13.5 Å². The summed E-state index contributed by atoms with van der Waals surface area (Å²) >= 11 is 1.61. The van der Waals surface area contributed by atoms with Crippen LogP contribution in [0.3, 0.4) is 0 Å². The van der Waals surface area contributed by atoms with Gasteiger partial charge in [-0.25, -0.2) is 0 Å². The number of para-hydroxylation sites is 1. The van der Waals surface area contributed by atoms with E-state index < -0.39 is 0 Å². The lowest BCUT2D eigenvalue weighted by molar-refractivity contribution is -0.135. The van der Waals surface area contributed by atoms with Gasteiger partial charge in [-0.05, 0) is 30.4 Å². The Morgan fingerprint density at radius 2 is 1.96 bits per heavy atom. The van der Waals surface area contributed by atoms with Crippen molar-refractivity contribution in [2.24, 2.45) is 5.92 Å². The topological polar surface area (TPSA) is 58.6 Å². The first kappa shape index (κ1) is 18.5. The number of benzene rings is 1. The summed E-state index contributed by atoms with van der Waals surface area (Å²) in [7, 11) is 1.63. The molecule has 1 N–H and O–H groups in total. The number of likely N-dealkylation sites (tertiary alicyclic amines) is 1. The van der Waals surface area contributed by atoms with Gasteiger partial charge < -0.3 is 15.0 Å². The van der Waals surface area contributed by atoms with E-state index in [1.54, 1.807) is 18.4 Å². The molecule has 2 amide bonds. The number of hydrogen-bond acceptors (Lipinski definition) is 4. The highest BCUT2D eigenvalue weighted by molar-refractivity contribution is 7.10. The van der Waals surface area contributed by atoms with Crippen LogP contribution in [0.25, 0.3) is 0 Å². The van der Waals surface area contributed by atoms with Gasteiger partial charge in [-0.15, -0.1) is 11.3 Å². The molecule has 5 nitrogen and oxygen atoms in total. The Morgan fingerprint density at radius 1 is 1.19 bits per heavy atom. The van der Waals surface area contributed by atoms with E-state index in [-0.39, 0.29) is 17.7 Å². The zero-order valence-corrected chi connectivity index (χ0v) is 15.8. The van der Waals surface area contributed by atoms with E-state index in [1.807, 2.05) is 46.7 Å². The molecule has 0 radical (unpaired) electrons. The number of carbonyl (C=O) groups is 2. The molecule has 0 aliphatic carbocycles. The fraction of sp³-hybridized carbons (Fsp3) is 0.400. The molecule has 1 aliphatic rings. The van der Waals surface area contributed by atoms with Gasteiger partial charge in [0, 0.05) is 36.0 Å². The van der Waals surface area contributed by atoms with Crippen LogP contribution in [0.5, 0.6) is 5.75 Å². The van der Waals surface area contributed by atoms with Gasteiger partial charge in [0.1, 0.15) is 5.75 Å². The van der Waals surface area contributed by atoms with E-state index in [1.165, 1.54) is 0 Å². The van der Waals surface area contributed by atoms with Gasteiger partial charge in [-0.3, -0.25) is 9.59 Å². The third kappa shape index (κ3) is 4.64. The number of hydrogen-bond donors (Lipinski definition) is 1. The lowest BCUT2D eigenvalue weighted by Gasteiger charge is -2.31. The van der Waals surface area contributed by atoms with Crippen molar-refractivity contribution >= 4 is 23.2 Å². The number of rotatable bonds is 6. The zero-order valence-electron chi connectivity index (χ0n) is 14.9. The molecular formula is C20H24N2O3S. The van der Waals surface area contributed by atoms with E-state index >= 15 is 0 Å². The van der Waals surface area contributed by atoms with Gasteiger partial charge in [0.2, 0.25) is 11.8 Å². The van der Waals surface area contributed by atoms with Crippen LogP contribution in [0, 0.1) is 5.92 Å². The Bertz CT molecular complexity index is 737. The highest BCUT2D eigenvalue weighted by Crippen LogP contribution is 2.21. The third-order valence-electron chi connectivity index (χ3n) is 4.77. The molecule has 1 fully saturated rings. The molecular weight excluding hydrogens is 348 g/mol. The number of amides is 2. The third-order valence-corrected chi connectivity index (χ3v) is 5.65. The van der Waals surface area contributed by atoms with E-state index in [2.05, 4.69) is 5.32 Å². The lowest BCUT2D eigenvalue weighted by atomic mass is 9.95. The summed E-state index contributed by atoms with van der Waals surface area (Å²) in [4.78, 5) is 27.8. The van der Waals surface area contributed by atoms with Crippen LogP contribution in [-0.2, 0) is 22.6 Å². The molecule has 1 aromatic carbocycles. The lowest BCUT2D eigenvalue weighted by Crippen LogP contribution is -2.43. The predicted molar refractivity (Wildman–Crippen MR) is 102 cm³/mol. The molecule has 0 atom stereocenters. The molecule has 0 unspecified atom stereocenters. The SMILES string of the molecule is COc1ccccc1CNC(=O)C1CCN(C(=O)Cc2cccs2)CC1. The van der Waals surface area contributed by atoms with Crippen LogP contribution >= 0.6 is 11.3 Å². The molecule has 1 aromatic heterocycles. The Labute approximate surface area is 158 Å². The minimum Gasteiger partial charge on any atom is -0.496 e. The van der Waals surface area contributed by atoms with Crippen molar-refractivity contribution in [1.29, 1.82) is 0 Å². The van der Waals surface area contributed by atoms with Gasteiger partial charge in [-0.1, -0.05) is 24.3 Å². The van der Waals surface area contributed by atoms with Crippen molar-refractivity contribution in [3.63, 3.8) is 0 Å². The maximum atomic E-state index is 12.5. The first-order chi connectivity index (χ1) is 12.7. The van der Waals surface area contributed by atoms with Crippen LogP contribution < -0.4 is 10.1 Å². The summed E-state index contributed by atoms with van der Waals surface area (Å²) in [5.41, 5.74) is 0.965. The molecule has 26 heavy (non-hydrogen) atoms. The van der Waals surface area contributed by atoms with Gasteiger partial charge in [0.15, 0.2) is 0 Å². The molecule has 0 bridgehead atoms. The van der Waals surface area contributed by atoms with Crippen molar-refractivity contribution in [3.8, 4) is 5.75 Å². The number of methoxy groups -OCH3 is 1. The van der Waals surface area contributed by atoms with E-state index in [9.17, 15) is 9.59 Å². The smallest absolute Gasteiger partial charge is 0.227 e. The summed E-state index contributed by atoms with van der Waals surface area (Å²) < 4.78 is 5.31. The van der Waals surface area contributed by atoms with Crippen LogP contribution in [0.1, 0.15) is 23.3 Å². The quantitative estimate of drug-likeness (QED) is 0.848. The number of piperidine rings is 1. The van der Waals surface area contributed by atoms with Crippen molar-refractivity contribution < 1.29 is 14.3 Å². The molecule has 6 heteroatoms. The molecule has 1 saturated heterocycles. The van der Waals surface area contributed by atoms with E-state index in [4.69, 9.17) is 4.74 Å². The molecule has 2 heterocycles. The second-order valence-electron chi connectivity index (χ2n) is 6.44. The van der Waals surface area contributed by atoms with Gasteiger partial charge >= 0.3 is 0 Å². The summed E-state index contributed by atoms with van der Waals surface area (Å²) in [6, 6.07) is 11.6. The minimum atomic E-state index is -0.0319. The van der Waals surface area contributed by atoms with Crippen molar-refractivity contribution in [2.75, 3.05) is 20.2 Å². The fourth-order valence-corrected chi connectivity index (χ4v) is 3.94.